The molecule has 3 heteroatoms. The number of fused-ring (bicyclic) bond motifs is 1. The van der Waals surface area contributed by atoms with Gasteiger partial charge >= 0.3 is 0 Å². The van der Waals surface area contributed by atoms with Crippen LogP contribution < -0.4 is 5.32 Å². The highest BCUT2D eigenvalue weighted by molar-refractivity contribution is 5.64. The summed E-state index contributed by atoms with van der Waals surface area (Å²) in [5.41, 5.74) is 6.66. The number of nitrogens with zero attached hydrogens (tertiary/aromatic N) is 2. The average molecular weight is 255 g/mol. The quantitative estimate of drug-likeness (QED) is 0.913. The Kier molecular flexibility index (Phi) is 3.15. The number of aromatic nitrogens is 2. The third kappa shape index (κ3) is 2.08. The summed E-state index contributed by atoms with van der Waals surface area (Å²) in [4.78, 5) is 4.80. The van der Waals surface area contributed by atoms with Crippen LogP contribution in [0, 0.1) is 6.92 Å². The molecule has 2 aromatic rings. The van der Waals surface area contributed by atoms with Crippen LogP contribution in [-0.2, 0) is 26.4 Å². The van der Waals surface area contributed by atoms with Crippen LogP contribution in [0.1, 0.15) is 29.1 Å². The van der Waals surface area contributed by atoms with Gasteiger partial charge < -0.3 is 9.88 Å². The second kappa shape index (κ2) is 4.82. The Labute approximate surface area is 114 Å². The molecule has 1 aliphatic rings. The summed E-state index contributed by atoms with van der Waals surface area (Å²) in [5, 5.41) is 3.18. The second-order valence-electron chi connectivity index (χ2n) is 5.39. The van der Waals surface area contributed by atoms with Gasteiger partial charge in [-0.05, 0) is 50.4 Å². The van der Waals surface area contributed by atoms with Crippen molar-refractivity contribution in [3.05, 3.63) is 40.8 Å². The zero-order chi connectivity index (χ0) is 13.4. The number of imidazole rings is 1. The molecule has 1 aromatic heterocycles. The van der Waals surface area contributed by atoms with Crippen molar-refractivity contribution in [3.63, 3.8) is 0 Å². The van der Waals surface area contributed by atoms with E-state index in [-0.39, 0.29) is 0 Å². The minimum atomic E-state index is 0.808. The molecule has 100 valence electrons. The fraction of sp³-hybridized carbons (Fsp3) is 0.438. The maximum atomic E-state index is 4.80. The fourth-order valence-corrected chi connectivity index (χ4v) is 2.95. The first-order valence-corrected chi connectivity index (χ1v) is 6.99. The van der Waals surface area contributed by atoms with Crippen molar-refractivity contribution >= 4 is 0 Å². The zero-order valence-corrected chi connectivity index (χ0v) is 12.0. The molecule has 0 unspecified atom stereocenters. The van der Waals surface area contributed by atoms with Gasteiger partial charge in [0.1, 0.15) is 5.82 Å². The van der Waals surface area contributed by atoms with E-state index in [2.05, 4.69) is 42.1 Å². The molecule has 19 heavy (non-hydrogen) atoms. The van der Waals surface area contributed by atoms with E-state index in [4.69, 9.17) is 4.98 Å². The minimum Gasteiger partial charge on any atom is -0.334 e. The summed E-state index contributed by atoms with van der Waals surface area (Å²) in [6.07, 6.45) is 3.76. The molecule has 0 saturated carbocycles. The second-order valence-corrected chi connectivity index (χ2v) is 5.39. The maximum Gasteiger partial charge on any atom is 0.123 e. The number of hydrogen-bond acceptors (Lipinski definition) is 2. The van der Waals surface area contributed by atoms with Crippen molar-refractivity contribution in [3.8, 4) is 11.3 Å². The summed E-state index contributed by atoms with van der Waals surface area (Å²) in [6, 6.07) is 6.84. The molecule has 1 N–H and O–H groups in total. The number of benzene rings is 1. The van der Waals surface area contributed by atoms with Gasteiger partial charge in [-0.25, -0.2) is 4.98 Å². The highest BCUT2D eigenvalue weighted by Gasteiger charge is 2.16. The third-order valence-corrected chi connectivity index (χ3v) is 4.18. The Morgan fingerprint density at radius 2 is 2.05 bits per heavy atom. The first kappa shape index (κ1) is 12.4. The van der Waals surface area contributed by atoms with E-state index < -0.39 is 0 Å². The lowest BCUT2D eigenvalue weighted by molar-refractivity contribution is 0.701. The van der Waals surface area contributed by atoms with Crippen molar-refractivity contribution in [1.29, 1.82) is 0 Å². The normalized spacial score (nSPS) is 13.8. The Morgan fingerprint density at radius 3 is 2.84 bits per heavy atom. The van der Waals surface area contributed by atoms with Crippen molar-refractivity contribution in [2.24, 2.45) is 7.05 Å². The molecule has 3 nitrogen and oxygen atoms in total. The largest absolute Gasteiger partial charge is 0.334 e. The molecule has 3 rings (SSSR count). The molecule has 0 saturated heterocycles. The minimum absolute atomic E-state index is 0.808. The van der Waals surface area contributed by atoms with E-state index in [1.165, 1.54) is 41.6 Å². The number of nitrogens with one attached hydrogen (secondary N) is 1. The molecule has 0 fully saturated rings. The zero-order valence-electron chi connectivity index (χ0n) is 12.0. The van der Waals surface area contributed by atoms with Crippen LogP contribution in [0.25, 0.3) is 11.3 Å². The van der Waals surface area contributed by atoms with E-state index in [1.807, 2.05) is 7.05 Å². The van der Waals surface area contributed by atoms with Gasteiger partial charge in [-0.2, -0.15) is 0 Å². The summed E-state index contributed by atoms with van der Waals surface area (Å²) < 4.78 is 2.18. The standard InChI is InChI=1S/C16H21N3/c1-11-16(18-15(10-17-2)19(11)3)14-8-7-12-5-4-6-13(12)9-14/h7-9,17H,4-6,10H2,1-3H3. The highest BCUT2D eigenvalue weighted by Crippen LogP contribution is 2.29. The Balaban J connectivity index is 2.04. The Morgan fingerprint density at radius 1 is 1.26 bits per heavy atom. The highest BCUT2D eigenvalue weighted by atomic mass is 15.1. The molecular weight excluding hydrogens is 234 g/mol. The lowest BCUT2D eigenvalue weighted by Gasteiger charge is -2.04. The number of rotatable bonds is 3. The lowest BCUT2D eigenvalue weighted by Crippen LogP contribution is -2.10. The first-order chi connectivity index (χ1) is 9.20. The van der Waals surface area contributed by atoms with Crippen LogP contribution in [0.3, 0.4) is 0 Å². The molecule has 0 radical (unpaired) electrons. The summed E-state index contributed by atoms with van der Waals surface area (Å²) >= 11 is 0. The smallest absolute Gasteiger partial charge is 0.123 e. The van der Waals surface area contributed by atoms with Crippen LogP contribution in [0.5, 0.6) is 0 Å². The lowest BCUT2D eigenvalue weighted by atomic mass is 10.0. The van der Waals surface area contributed by atoms with Crippen molar-refractivity contribution < 1.29 is 0 Å². The van der Waals surface area contributed by atoms with E-state index in [0.717, 1.165) is 18.1 Å². The van der Waals surface area contributed by atoms with Gasteiger partial charge in [0.25, 0.3) is 0 Å². The Hall–Kier alpha value is -1.61. The monoisotopic (exact) mass is 255 g/mol. The Bertz CT molecular complexity index is 611. The molecule has 0 aliphatic heterocycles. The summed E-state index contributed by atoms with van der Waals surface area (Å²) in [7, 11) is 4.05. The molecular formula is C16H21N3. The van der Waals surface area contributed by atoms with Crippen LogP contribution in [0.2, 0.25) is 0 Å². The van der Waals surface area contributed by atoms with Crippen molar-refractivity contribution in [2.75, 3.05) is 7.05 Å². The molecule has 1 heterocycles. The average Bonchev–Trinajstić information content (AvgIpc) is 2.98. The van der Waals surface area contributed by atoms with E-state index in [1.54, 1.807) is 0 Å². The molecule has 0 bridgehead atoms. The van der Waals surface area contributed by atoms with Gasteiger partial charge in [-0.1, -0.05) is 12.1 Å². The first-order valence-electron chi connectivity index (χ1n) is 6.99. The fourth-order valence-electron chi connectivity index (χ4n) is 2.95. The van der Waals surface area contributed by atoms with Gasteiger partial charge in [0.05, 0.1) is 12.2 Å². The van der Waals surface area contributed by atoms with E-state index >= 15 is 0 Å². The maximum absolute atomic E-state index is 4.80. The molecule has 0 spiro atoms. The molecule has 1 aromatic carbocycles. The van der Waals surface area contributed by atoms with Gasteiger partial charge in [0.15, 0.2) is 0 Å². The van der Waals surface area contributed by atoms with Crippen LogP contribution in [0.4, 0.5) is 0 Å². The van der Waals surface area contributed by atoms with Gasteiger partial charge in [0.2, 0.25) is 0 Å². The van der Waals surface area contributed by atoms with Crippen molar-refractivity contribution in [1.82, 2.24) is 14.9 Å². The third-order valence-electron chi connectivity index (χ3n) is 4.18. The van der Waals surface area contributed by atoms with Crippen LogP contribution in [0.15, 0.2) is 18.2 Å². The topological polar surface area (TPSA) is 29.9 Å². The summed E-state index contributed by atoms with van der Waals surface area (Å²) in [6.45, 7) is 2.96. The predicted molar refractivity (Wildman–Crippen MR) is 78.2 cm³/mol. The number of aryl methyl sites for hydroxylation is 2. The van der Waals surface area contributed by atoms with E-state index in [0.29, 0.717) is 0 Å². The SMILES string of the molecule is CNCc1nc(-c2ccc3c(c2)CCC3)c(C)n1C. The predicted octanol–water partition coefficient (Wildman–Crippen LogP) is 2.60. The summed E-state index contributed by atoms with van der Waals surface area (Å²) in [5.74, 6) is 1.09. The van der Waals surface area contributed by atoms with Crippen LogP contribution >= 0.6 is 0 Å². The van der Waals surface area contributed by atoms with Crippen molar-refractivity contribution in [2.45, 2.75) is 32.7 Å². The molecule has 1 aliphatic carbocycles. The van der Waals surface area contributed by atoms with E-state index in [9.17, 15) is 0 Å². The van der Waals surface area contributed by atoms with Gasteiger partial charge in [-0.3, -0.25) is 0 Å². The van der Waals surface area contributed by atoms with Crippen LogP contribution in [-0.4, -0.2) is 16.6 Å². The molecule has 0 amide bonds. The number of hydrogen-bond donors (Lipinski definition) is 1. The van der Waals surface area contributed by atoms with Gasteiger partial charge in [-0.15, -0.1) is 0 Å². The molecule has 0 atom stereocenters. The van der Waals surface area contributed by atoms with Gasteiger partial charge in [0, 0.05) is 18.3 Å².